The van der Waals surface area contributed by atoms with E-state index in [0.717, 1.165) is 57.2 Å². The van der Waals surface area contributed by atoms with E-state index in [-0.39, 0.29) is 5.92 Å². The molecule has 1 aliphatic heterocycles. The highest BCUT2D eigenvalue weighted by atomic mass is 16.2. The normalized spacial score (nSPS) is 19.7. The van der Waals surface area contributed by atoms with Gasteiger partial charge in [0.1, 0.15) is 0 Å². The Morgan fingerprint density at radius 1 is 1.07 bits per heavy atom. The smallest absolute Gasteiger partial charge is 0.225 e. The average Bonchev–Trinajstić information content (AvgIpc) is 3.21. The van der Waals surface area contributed by atoms with Crippen LogP contribution in [-0.4, -0.2) is 49.5 Å². The number of carbonyl (C=O) groups is 1. The molecule has 0 aromatic rings. The van der Waals surface area contributed by atoms with E-state index in [0.29, 0.717) is 11.9 Å². The molecule has 1 saturated heterocycles. The fourth-order valence-electron chi connectivity index (χ4n) is 4.59. The zero-order valence-electron chi connectivity index (χ0n) is 17.9. The zero-order chi connectivity index (χ0) is 19.5. The van der Waals surface area contributed by atoms with Crippen LogP contribution in [0.4, 0.5) is 0 Å². The van der Waals surface area contributed by atoms with Gasteiger partial charge in [0.25, 0.3) is 0 Å². The lowest BCUT2D eigenvalue weighted by Gasteiger charge is -2.34. The van der Waals surface area contributed by atoms with Crippen molar-refractivity contribution in [2.45, 2.75) is 90.5 Å². The summed E-state index contributed by atoms with van der Waals surface area (Å²) in [6.07, 6.45) is 13.7. The first-order chi connectivity index (χ1) is 13.2. The minimum atomic E-state index is 0.202. The Kier molecular flexibility index (Phi) is 10.00. The number of hydrogen-bond donors (Lipinski definition) is 2. The largest absolute Gasteiger partial charge is 0.356 e. The molecular weight excluding hydrogens is 336 g/mol. The van der Waals surface area contributed by atoms with Crippen LogP contribution in [0.1, 0.15) is 84.5 Å². The van der Waals surface area contributed by atoms with Crippen LogP contribution in [0.25, 0.3) is 0 Å². The van der Waals surface area contributed by atoms with Gasteiger partial charge >= 0.3 is 0 Å². The summed E-state index contributed by atoms with van der Waals surface area (Å²) in [5.74, 6) is 2.47. The fourth-order valence-corrected chi connectivity index (χ4v) is 4.59. The summed E-state index contributed by atoms with van der Waals surface area (Å²) in [6.45, 7) is 6.96. The van der Waals surface area contributed by atoms with Crippen LogP contribution in [-0.2, 0) is 4.79 Å². The number of unbranched alkanes of at least 4 members (excludes halogenated alkanes) is 1. The topological polar surface area (TPSA) is 56.7 Å². The number of nitrogens with one attached hydrogen (secondary N) is 2. The zero-order valence-corrected chi connectivity index (χ0v) is 17.9. The lowest BCUT2D eigenvalue weighted by Crippen LogP contribution is -2.50. The van der Waals surface area contributed by atoms with Crippen molar-refractivity contribution in [2.75, 3.05) is 26.7 Å². The molecule has 5 heteroatoms. The number of likely N-dealkylation sites (tertiary alicyclic amines) is 1. The first-order valence-corrected chi connectivity index (χ1v) is 11.4. The Hall–Kier alpha value is -1.26. The van der Waals surface area contributed by atoms with Crippen LogP contribution < -0.4 is 10.6 Å². The number of nitrogens with zero attached hydrogens (tertiary/aromatic N) is 2. The fraction of sp³-hybridized carbons (Fsp3) is 0.909. The van der Waals surface area contributed by atoms with Gasteiger partial charge in [0, 0.05) is 38.6 Å². The van der Waals surface area contributed by atoms with Gasteiger partial charge in [-0.3, -0.25) is 9.79 Å². The maximum absolute atomic E-state index is 12.5. The predicted molar refractivity (Wildman–Crippen MR) is 114 cm³/mol. The highest BCUT2D eigenvalue weighted by Gasteiger charge is 2.26. The average molecular weight is 379 g/mol. The van der Waals surface area contributed by atoms with Crippen LogP contribution in [0.5, 0.6) is 0 Å². The number of rotatable bonds is 9. The lowest BCUT2D eigenvalue weighted by atomic mass is 9.98. The van der Waals surface area contributed by atoms with E-state index in [1.54, 1.807) is 0 Å². The summed E-state index contributed by atoms with van der Waals surface area (Å²) >= 11 is 0. The van der Waals surface area contributed by atoms with Crippen molar-refractivity contribution in [3.8, 4) is 0 Å². The second-order valence-electron chi connectivity index (χ2n) is 8.40. The Morgan fingerprint density at radius 3 is 2.33 bits per heavy atom. The van der Waals surface area contributed by atoms with Gasteiger partial charge in [0.2, 0.25) is 5.91 Å². The Morgan fingerprint density at radius 2 is 1.74 bits per heavy atom. The summed E-state index contributed by atoms with van der Waals surface area (Å²) in [5, 5.41) is 7.03. The molecule has 2 fully saturated rings. The summed E-state index contributed by atoms with van der Waals surface area (Å²) in [4.78, 5) is 19.0. The van der Waals surface area contributed by atoms with Gasteiger partial charge in [-0.05, 0) is 38.0 Å². The summed E-state index contributed by atoms with van der Waals surface area (Å²) in [6, 6.07) is 0.417. The maximum Gasteiger partial charge on any atom is 0.225 e. The second kappa shape index (κ2) is 12.2. The first kappa shape index (κ1) is 22.0. The molecule has 1 heterocycles. The van der Waals surface area contributed by atoms with Crippen molar-refractivity contribution in [1.29, 1.82) is 0 Å². The summed E-state index contributed by atoms with van der Waals surface area (Å²) in [5.41, 5.74) is 0. The standard InChI is InChI=1S/C22H42N4O/c1-4-19(5-2)21(27)26-16-13-20(14-17-26)25-22(23-3)24-15-9-8-12-18-10-6-7-11-18/h18-20H,4-17H2,1-3H3,(H2,23,24,25). The molecule has 2 aliphatic rings. The van der Waals surface area contributed by atoms with E-state index in [9.17, 15) is 4.79 Å². The van der Waals surface area contributed by atoms with Crippen LogP contribution >= 0.6 is 0 Å². The molecule has 27 heavy (non-hydrogen) atoms. The number of piperidine rings is 1. The number of carbonyl (C=O) groups excluding carboxylic acids is 1. The number of amides is 1. The lowest BCUT2D eigenvalue weighted by molar-refractivity contribution is -0.136. The third kappa shape index (κ3) is 7.34. The van der Waals surface area contributed by atoms with Gasteiger partial charge in [-0.1, -0.05) is 52.4 Å². The molecule has 1 amide bonds. The van der Waals surface area contributed by atoms with Crippen molar-refractivity contribution < 1.29 is 4.79 Å². The quantitative estimate of drug-likeness (QED) is 0.363. The van der Waals surface area contributed by atoms with E-state index >= 15 is 0 Å². The molecule has 0 radical (unpaired) electrons. The van der Waals surface area contributed by atoms with E-state index < -0.39 is 0 Å². The monoisotopic (exact) mass is 378 g/mol. The molecule has 1 aliphatic carbocycles. The third-order valence-electron chi connectivity index (χ3n) is 6.51. The SMILES string of the molecule is CCC(CC)C(=O)N1CCC(NC(=NC)NCCCCC2CCCC2)CC1. The molecule has 2 N–H and O–H groups in total. The molecular formula is C22H42N4O. The molecule has 0 atom stereocenters. The molecule has 0 aromatic heterocycles. The molecule has 0 bridgehead atoms. The minimum Gasteiger partial charge on any atom is -0.356 e. The summed E-state index contributed by atoms with van der Waals surface area (Å²) in [7, 11) is 1.85. The van der Waals surface area contributed by atoms with Gasteiger partial charge in [-0.25, -0.2) is 0 Å². The number of guanidine groups is 1. The Bertz CT molecular complexity index is 447. The summed E-state index contributed by atoms with van der Waals surface area (Å²) < 4.78 is 0. The van der Waals surface area contributed by atoms with Gasteiger partial charge in [0.15, 0.2) is 5.96 Å². The van der Waals surface area contributed by atoms with Gasteiger partial charge in [-0.2, -0.15) is 0 Å². The van der Waals surface area contributed by atoms with Crippen molar-refractivity contribution in [2.24, 2.45) is 16.8 Å². The van der Waals surface area contributed by atoms with E-state index in [1.165, 1.54) is 44.9 Å². The van der Waals surface area contributed by atoms with Gasteiger partial charge in [0.05, 0.1) is 0 Å². The van der Waals surface area contributed by atoms with Gasteiger partial charge < -0.3 is 15.5 Å². The van der Waals surface area contributed by atoms with Crippen molar-refractivity contribution in [3.05, 3.63) is 0 Å². The molecule has 0 aromatic carbocycles. The van der Waals surface area contributed by atoms with E-state index in [2.05, 4.69) is 34.4 Å². The highest BCUT2D eigenvalue weighted by molar-refractivity contribution is 5.80. The number of hydrogen-bond acceptors (Lipinski definition) is 2. The molecule has 156 valence electrons. The number of aliphatic imine (C=N–C) groups is 1. The molecule has 1 saturated carbocycles. The van der Waals surface area contributed by atoms with E-state index in [1.807, 2.05) is 7.05 Å². The molecule has 2 rings (SSSR count). The van der Waals surface area contributed by atoms with Crippen LogP contribution in [0.2, 0.25) is 0 Å². The van der Waals surface area contributed by atoms with Gasteiger partial charge in [-0.15, -0.1) is 0 Å². The predicted octanol–water partition coefficient (Wildman–Crippen LogP) is 3.94. The van der Waals surface area contributed by atoms with E-state index in [4.69, 9.17) is 0 Å². The maximum atomic E-state index is 12.5. The Labute approximate surface area is 166 Å². The minimum absolute atomic E-state index is 0.202. The van der Waals surface area contributed by atoms with Crippen LogP contribution in [0.15, 0.2) is 4.99 Å². The van der Waals surface area contributed by atoms with Crippen molar-refractivity contribution >= 4 is 11.9 Å². The van der Waals surface area contributed by atoms with Crippen molar-refractivity contribution in [1.82, 2.24) is 15.5 Å². The molecule has 5 nitrogen and oxygen atoms in total. The molecule has 0 spiro atoms. The first-order valence-electron chi connectivity index (χ1n) is 11.4. The highest BCUT2D eigenvalue weighted by Crippen LogP contribution is 2.28. The molecule has 0 unspecified atom stereocenters. The van der Waals surface area contributed by atoms with Crippen LogP contribution in [0.3, 0.4) is 0 Å². The van der Waals surface area contributed by atoms with Crippen molar-refractivity contribution in [3.63, 3.8) is 0 Å². The van der Waals surface area contributed by atoms with Crippen LogP contribution in [0, 0.1) is 11.8 Å². The third-order valence-corrected chi connectivity index (χ3v) is 6.51. The Balaban J connectivity index is 1.60. The second-order valence-corrected chi connectivity index (χ2v) is 8.40.